The number of hydrogen-bond donors (Lipinski definition) is 2. The number of carbonyl (C=O) groups excluding carboxylic acids is 1. The average molecular weight is 248 g/mol. The summed E-state index contributed by atoms with van der Waals surface area (Å²) in [6, 6.07) is 5.29. The Kier molecular flexibility index (Phi) is 3.57. The van der Waals surface area contributed by atoms with Crippen LogP contribution in [0.3, 0.4) is 0 Å². The van der Waals surface area contributed by atoms with Crippen molar-refractivity contribution in [3.05, 3.63) is 29.3 Å². The van der Waals surface area contributed by atoms with Gasteiger partial charge in [0.25, 0.3) is 5.91 Å². The monoisotopic (exact) mass is 248 g/mol. The van der Waals surface area contributed by atoms with Crippen LogP contribution in [0.2, 0.25) is 0 Å². The Morgan fingerprint density at radius 2 is 2.28 bits per heavy atom. The number of phenols is 1. The molecule has 1 aliphatic heterocycles. The van der Waals surface area contributed by atoms with Crippen LogP contribution in [-0.2, 0) is 0 Å². The summed E-state index contributed by atoms with van der Waals surface area (Å²) in [6.07, 6.45) is 0.958. The summed E-state index contributed by atoms with van der Waals surface area (Å²) in [7, 11) is 0. The molecular weight excluding hydrogens is 228 g/mol. The molecule has 3 N–H and O–H groups in total. The molecule has 2 rings (SSSR count). The van der Waals surface area contributed by atoms with Gasteiger partial charge >= 0.3 is 0 Å². The lowest BCUT2D eigenvalue weighted by molar-refractivity contribution is 0.0743. The van der Waals surface area contributed by atoms with Gasteiger partial charge in [-0.2, -0.15) is 0 Å². The molecule has 1 heterocycles. The summed E-state index contributed by atoms with van der Waals surface area (Å²) in [5.74, 6) is 0.542. The molecule has 0 aliphatic carbocycles. The molecule has 1 aromatic rings. The van der Waals surface area contributed by atoms with Crippen LogP contribution in [0.5, 0.6) is 5.75 Å². The van der Waals surface area contributed by atoms with Crippen LogP contribution in [0.15, 0.2) is 18.2 Å². The molecule has 1 aromatic carbocycles. The van der Waals surface area contributed by atoms with Crippen LogP contribution < -0.4 is 5.73 Å². The largest absolute Gasteiger partial charge is 0.508 e. The minimum absolute atomic E-state index is 0.0197. The van der Waals surface area contributed by atoms with Crippen molar-refractivity contribution in [3.63, 3.8) is 0 Å². The zero-order valence-corrected chi connectivity index (χ0v) is 10.9. The Morgan fingerprint density at radius 1 is 1.56 bits per heavy atom. The molecule has 0 saturated carbocycles. The summed E-state index contributed by atoms with van der Waals surface area (Å²) >= 11 is 0. The van der Waals surface area contributed by atoms with Crippen LogP contribution in [0.25, 0.3) is 0 Å². The zero-order chi connectivity index (χ0) is 13.3. The molecule has 1 saturated heterocycles. The van der Waals surface area contributed by atoms with Gasteiger partial charge in [0.1, 0.15) is 5.75 Å². The third-order valence-corrected chi connectivity index (χ3v) is 3.71. The third-order valence-electron chi connectivity index (χ3n) is 3.71. The first kappa shape index (κ1) is 12.9. The molecule has 2 unspecified atom stereocenters. The van der Waals surface area contributed by atoms with Crippen LogP contribution in [0, 0.1) is 12.8 Å². The van der Waals surface area contributed by atoms with Gasteiger partial charge in [-0.25, -0.2) is 0 Å². The second-order valence-corrected chi connectivity index (χ2v) is 5.15. The van der Waals surface area contributed by atoms with Gasteiger partial charge in [0, 0.05) is 18.2 Å². The number of benzene rings is 1. The Labute approximate surface area is 107 Å². The minimum Gasteiger partial charge on any atom is -0.508 e. The van der Waals surface area contributed by atoms with E-state index in [1.807, 2.05) is 18.7 Å². The number of nitrogens with two attached hydrogens (primary N) is 1. The highest BCUT2D eigenvalue weighted by Crippen LogP contribution is 2.25. The third kappa shape index (κ3) is 2.34. The van der Waals surface area contributed by atoms with Crippen molar-refractivity contribution in [1.82, 2.24) is 4.90 Å². The molecule has 0 aromatic heterocycles. The normalized spacial score (nSPS) is 23.4. The van der Waals surface area contributed by atoms with E-state index >= 15 is 0 Å². The van der Waals surface area contributed by atoms with Crippen molar-refractivity contribution in [2.45, 2.75) is 26.3 Å². The fraction of sp³-hybridized carbons (Fsp3) is 0.500. The summed E-state index contributed by atoms with van der Waals surface area (Å²) < 4.78 is 0. The first-order valence-electron chi connectivity index (χ1n) is 6.33. The number of amides is 1. The molecule has 4 nitrogen and oxygen atoms in total. The number of aryl methyl sites for hydroxylation is 1. The summed E-state index contributed by atoms with van der Waals surface area (Å²) in [5, 5.41) is 9.67. The van der Waals surface area contributed by atoms with Crippen molar-refractivity contribution in [3.8, 4) is 5.75 Å². The van der Waals surface area contributed by atoms with E-state index in [1.165, 1.54) is 0 Å². The van der Waals surface area contributed by atoms with E-state index < -0.39 is 0 Å². The van der Waals surface area contributed by atoms with Gasteiger partial charge in [0.05, 0.1) is 0 Å². The Balaban J connectivity index is 2.18. The maximum atomic E-state index is 12.4. The predicted molar refractivity (Wildman–Crippen MR) is 70.5 cm³/mol. The molecule has 1 fully saturated rings. The van der Waals surface area contributed by atoms with Crippen LogP contribution >= 0.6 is 0 Å². The first-order chi connectivity index (χ1) is 8.52. The topological polar surface area (TPSA) is 66.6 Å². The molecule has 98 valence electrons. The van der Waals surface area contributed by atoms with E-state index in [2.05, 4.69) is 0 Å². The van der Waals surface area contributed by atoms with E-state index in [-0.39, 0.29) is 17.7 Å². The van der Waals surface area contributed by atoms with Gasteiger partial charge in [-0.1, -0.05) is 6.07 Å². The van der Waals surface area contributed by atoms with E-state index in [4.69, 9.17) is 5.73 Å². The Hall–Kier alpha value is -1.55. The van der Waals surface area contributed by atoms with Gasteiger partial charge in [-0.3, -0.25) is 4.79 Å². The number of nitrogens with zero attached hydrogens (tertiary/aromatic N) is 1. The number of rotatable bonds is 2. The number of likely N-dealkylation sites (tertiary alicyclic amines) is 1. The first-order valence-corrected chi connectivity index (χ1v) is 6.33. The molecule has 0 radical (unpaired) electrons. The molecule has 2 atom stereocenters. The molecular formula is C14H20N2O2. The van der Waals surface area contributed by atoms with Crippen molar-refractivity contribution in [1.29, 1.82) is 0 Å². The van der Waals surface area contributed by atoms with E-state index in [1.54, 1.807) is 18.2 Å². The van der Waals surface area contributed by atoms with E-state index in [9.17, 15) is 9.90 Å². The average Bonchev–Trinajstić information content (AvgIpc) is 2.73. The predicted octanol–water partition coefficient (Wildman–Crippen LogP) is 1.51. The highest BCUT2D eigenvalue weighted by molar-refractivity contribution is 5.95. The molecule has 1 amide bonds. The molecule has 0 bridgehead atoms. The van der Waals surface area contributed by atoms with Gasteiger partial charge in [0.15, 0.2) is 0 Å². The quantitative estimate of drug-likeness (QED) is 0.833. The van der Waals surface area contributed by atoms with E-state index in [0.717, 1.165) is 12.0 Å². The number of hydrogen-bond acceptors (Lipinski definition) is 3. The van der Waals surface area contributed by atoms with Gasteiger partial charge in [0.2, 0.25) is 0 Å². The molecule has 4 heteroatoms. The lowest BCUT2D eigenvalue weighted by atomic mass is 10.1. The van der Waals surface area contributed by atoms with Crippen LogP contribution in [0.1, 0.15) is 29.3 Å². The number of carbonyl (C=O) groups is 1. The Morgan fingerprint density at radius 3 is 2.83 bits per heavy atom. The molecule has 0 spiro atoms. The van der Waals surface area contributed by atoms with Crippen LogP contribution in [-0.4, -0.2) is 35.0 Å². The lowest BCUT2D eigenvalue weighted by Crippen LogP contribution is -2.34. The zero-order valence-electron chi connectivity index (χ0n) is 10.9. The maximum absolute atomic E-state index is 12.4. The highest BCUT2D eigenvalue weighted by Gasteiger charge is 2.32. The minimum atomic E-state index is -0.0197. The molecule has 1 aliphatic rings. The van der Waals surface area contributed by atoms with Gasteiger partial charge in [-0.15, -0.1) is 0 Å². The van der Waals surface area contributed by atoms with Crippen LogP contribution in [0.4, 0.5) is 0 Å². The fourth-order valence-electron chi connectivity index (χ4n) is 2.50. The van der Waals surface area contributed by atoms with Crippen molar-refractivity contribution in [2.75, 3.05) is 13.1 Å². The second-order valence-electron chi connectivity index (χ2n) is 5.15. The smallest absolute Gasteiger partial charge is 0.254 e. The van der Waals surface area contributed by atoms with Gasteiger partial charge < -0.3 is 15.7 Å². The van der Waals surface area contributed by atoms with Crippen molar-refractivity contribution < 1.29 is 9.90 Å². The maximum Gasteiger partial charge on any atom is 0.254 e. The van der Waals surface area contributed by atoms with E-state index in [0.29, 0.717) is 24.6 Å². The summed E-state index contributed by atoms with van der Waals surface area (Å²) in [5.41, 5.74) is 6.99. The second kappa shape index (κ2) is 4.98. The highest BCUT2D eigenvalue weighted by atomic mass is 16.3. The van der Waals surface area contributed by atoms with Gasteiger partial charge in [-0.05, 0) is 50.4 Å². The molecule has 18 heavy (non-hydrogen) atoms. The number of aromatic hydroxyl groups is 1. The number of phenolic OH excluding ortho intramolecular Hbond substituents is 1. The Bertz CT molecular complexity index is 459. The standard InChI is InChI=1S/C14H20N2O2/c1-9-3-4-12(6-13(9)17)14(18)16-8-11(7-15)5-10(16)2/h3-4,6,10-11,17H,5,7-8,15H2,1-2H3. The van der Waals surface area contributed by atoms with Crippen molar-refractivity contribution >= 4 is 5.91 Å². The SMILES string of the molecule is Cc1ccc(C(=O)N2CC(CN)CC2C)cc1O. The summed E-state index contributed by atoms with van der Waals surface area (Å²) in [6.45, 7) is 5.19. The van der Waals surface area contributed by atoms with Crippen molar-refractivity contribution in [2.24, 2.45) is 11.7 Å². The lowest BCUT2D eigenvalue weighted by Gasteiger charge is -2.21. The summed E-state index contributed by atoms with van der Waals surface area (Å²) in [4.78, 5) is 14.2. The fourth-order valence-corrected chi connectivity index (χ4v) is 2.50.